The van der Waals surface area contributed by atoms with E-state index in [1.165, 1.54) is 19.3 Å². The van der Waals surface area contributed by atoms with Crippen LogP contribution in [0.15, 0.2) is 53.9 Å². The minimum Gasteiger partial charge on any atom is -0.383 e. The Balaban J connectivity index is 0.000000588. The lowest BCUT2D eigenvalue weighted by Crippen LogP contribution is -2.12. The fourth-order valence-corrected chi connectivity index (χ4v) is 4.96. The maximum atomic E-state index is 8.95. The van der Waals surface area contributed by atoms with Crippen molar-refractivity contribution in [3.63, 3.8) is 0 Å². The molecule has 0 amide bonds. The second kappa shape index (κ2) is 12.4. The summed E-state index contributed by atoms with van der Waals surface area (Å²) < 4.78 is 0. The van der Waals surface area contributed by atoms with E-state index in [0.29, 0.717) is 11.4 Å². The highest BCUT2D eigenvalue weighted by Crippen LogP contribution is 2.43. The van der Waals surface area contributed by atoms with Crippen LogP contribution in [-0.4, -0.2) is 19.1 Å². The predicted molar refractivity (Wildman–Crippen MR) is 148 cm³/mol. The Labute approximate surface area is 210 Å². The van der Waals surface area contributed by atoms with Gasteiger partial charge in [0.05, 0.1) is 16.5 Å². The molecular weight excluding hydrogens is 460 g/mol. The summed E-state index contributed by atoms with van der Waals surface area (Å²) in [5.41, 5.74) is 11.0. The lowest BCUT2D eigenvalue weighted by Gasteiger charge is -2.12. The summed E-state index contributed by atoms with van der Waals surface area (Å²) in [5, 5.41) is 18.6. The third-order valence-corrected chi connectivity index (χ3v) is 7.04. The number of nitriles is 1. The number of nitrogens with two attached hydrogens (primary N) is 1. The van der Waals surface area contributed by atoms with Crippen LogP contribution in [0.2, 0.25) is 0 Å². The summed E-state index contributed by atoms with van der Waals surface area (Å²) in [5.74, 6) is 0.530. The summed E-state index contributed by atoms with van der Waals surface area (Å²) >= 11 is 3.21. The van der Waals surface area contributed by atoms with Crippen LogP contribution in [0.1, 0.15) is 54.5 Å². The van der Waals surface area contributed by atoms with E-state index in [-0.39, 0.29) is 5.37 Å². The molecule has 1 fully saturated rings. The van der Waals surface area contributed by atoms with Crippen LogP contribution in [-0.2, 0) is 0 Å². The van der Waals surface area contributed by atoms with Crippen molar-refractivity contribution in [1.82, 2.24) is 10.3 Å². The van der Waals surface area contributed by atoms with Gasteiger partial charge in [0.2, 0.25) is 0 Å². The number of thioether (sulfide) groups is 1. The highest BCUT2D eigenvalue weighted by molar-refractivity contribution is 8.02. The predicted octanol–water partition coefficient (Wildman–Crippen LogP) is 6.94. The zero-order chi connectivity index (χ0) is 24.5. The van der Waals surface area contributed by atoms with Crippen LogP contribution in [0.25, 0.3) is 5.70 Å². The molecule has 2 aromatic carbocycles. The van der Waals surface area contributed by atoms with Gasteiger partial charge < -0.3 is 21.3 Å². The largest absolute Gasteiger partial charge is 0.383 e. The number of anilines is 4. The van der Waals surface area contributed by atoms with E-state index in [1.54, 1.807) is 23.1 Å². The fraction of sp³-hybridized carbons (Fsp3) is 0.308. The summed E-state index contributed by atoms with van der Waals surface area (Å²) in [6.07, 6.45) is 4.50. The Hall–Kier alpha value is -3.15. The Bertz CT molecular complexity index is 1120. The molecule has 0 spiro atoms. The Morgan fingerprint density at radius 1 is 1.06 bits per heavy atom. The standard InChI is InChI=1S/C21H20N6S2.C3H6.C2H6/c1-27(2)16-9-7-15(8-10-16)24-21-26-19(23)18(29-21)20-25-17(12-28-20)14-5-3-13(11-22)4-6-14;1-2-3-1;1-2/h3-10,12,20,25H,23H2,1-2H3,(H,24,26);1-3H2;1-2H3. The molecule has 2 heterocycles. The number of thiazole rings is 1. The maximum Gasteiger partial charge on any atom is 0.189 e. The fourth-order valence-electron chi connectivity index (χ4n) is 2.90. The van der Waals surface area contributed by atoms with Crippen molar-refractivity contribution in [2.75, 3.05) is 30.0 Å². The molecule has 34 heavy (non-hydrogen) atoms. The number of nitrogens with one attached hydrogen (secondary N) is 2. The van der Waals surface area contributed by atoms with Gasteiger partial charge in [0, 0.05) is 31.2 Å². The first kappa shape index (κ1) is 25.5. The van der Waals surface area contributed by atoms with E-state index >= 15 is 0 Å². The van der Waals surface area contributed by atoms with Crippen molar-refractivity contribution in [1.29, 1.82) is 5.26 Å². The van der Waals surface area contributed by atoms with Crippen molar-refractivity contribution in [3.8, 4) is 6.07 Å². The molecule has 8 heteroatoms. The average Bonchev–Trinajstić information content (AvgIpc) is 3.60. The van der Waals surface area contributed by atoms with Crippen LogP contribution < -0.4 is 21.3 Å². The SMILES string of the molecule is C1CC1.CC.CN(C)c1ccc(Nc2nc(N)c(C3NC(c4ccc(C#N)cc4)=CS3)s2)cc1. The summed E-state index contributed by atoms with van der Waals surface area (Å²) in [6, 6.07) is 17.8. The molecule has 1 unspecified atom stereocenters. The number of aromatic nitrogens is 1. The molecule has 1 atom stereocenters. The van der Waals surface area contributed by atoms with E-state index in [1.807, 2.05) is 64.3 Å². The first-order chi connectivity index (χ1) is 16.5. The van der Waals surface area contributed by atoms with Crippen molar-refractivity contribution in [3.05, 3.63) is 69.9 Å². The molecule has 178 valence electrons. The van der Waals surface area contributed by atoms with Crippen LogP contribution in [0, 0.1) is 11.3 Å². The number of rotatable bonds is 5. The van der Waals surface area contributed by atoms with Gasteiger partial charge in [0.1, 0.15) is 11.2 Å². The molecule has 1 aliphatic heterocycles. The molecule has 4 N–H and O–H groups in total. The summed E-state index contributed by atoms with van der Waals surface area (Å²) in [7, 11) is 4.03. The van der Waals surface area contributed by atoms with E-state index in [4.69, 9.17) is 11.0 Å². The van der Waals surface area contributed by atoms with Gasteiger partial charge in [0.25, 0.3) is 0 Å². The van der Waals surface area contributed by atoms with E-state index in [9.17, 15) is 0 Å². The van der Waals surface area contributed by atoms with E-state index < -0.39 is 0 Å². The summed E-state index contributed by atoms with van der Waals surface area (Å²) in [4.78, 5) is 7.54. The van der Waals surface area contributed by atoms with Gasteiger partial charge in [-0.15, -0.1) is 11.8 Å². The third-order valence-electron chi connectivity index (χ3n) is 4.84. The zero-order valence-corrected chi connectivity index (χ0v) is 21.8. The van der Waals surface area contributed by atoms with Gasteiger partial charge in [-0.3, -0.25) is 0 Å². The van der Waals surface area contributed by atoms with Gasteiger partial charge in [-0.1, -0.05) is 56.6 Å². The molecule has 0 radical (unpaired) electrons. The van der Waals surface area contributed by atoms with Gasteiger partial charge >= 0.3 is 0 Å². The number of hydrogen-bond acceptors (Lipinski definition) is 8. The second-order valence-corrected chi connectivity index (χ2v) is 9.79. The van der Waals surface area contributed by atoms with Crippen LogP contribution in [0.4, 0.5) is 22.3 Å². The highest BCUT2D eigenvalue weighted by atomic mass is 32.2. The van der Waals surface area contributed by atoms with Crippen molar-refractivity contribution >= 4 is 51.1 Å². The third kappa shape index (κ3) is 6.92. The molecule has 1 aromatic heterocycles. The topological polar surface area (TPSA) is 90.0 Å². The van der Waals surface area contributed by atoms with Crippen molar-refractivity contribution in [2.45, 2.75) is 38.5 Å². The van der Waals surface area contributed by atoms with Gasteiger partial charge in [-0.25, -0.2) is 4.98 Å². The number of nitrogen functional groups attached to an aromatic ring is 1. The number of nitrogens with zero attached hydrogens (tertiary/aromatic N) is 3. The quantitative estimate of drug-likeness (QED) is 0.355. The Morgan fingerprint density at radius 2 is 1.71 bits per heavy atom. The Morgan fingerprint density at radius 3 is 2.26 bits per heavy atom. The molecule has 0 bridgehead atoms. The van der Waals surface area contributed by atoms with Gasteiger partial charge in [0.15, 0.2) is 5.13 Å². The van der Waals surface area contributed by atoms with Gasteiger partial charge in [-0.05, 0) is 47.4 Å². The average molecular weight is 493 g/mol. The van der Waals surface area contributed by atoms with Crippen LogP contribution >= 0.6 is 23.1 Å². The maximum absolute atomic E-state index is 8.95. The molecule has 3 aromatic rings. The molecular formula is C26H32N6S2. The minimum atomic E-state index is 0.0183. The first-order valence-electron chi connectivity index (χ1n) is 11.5. The first-order valence-corrected chi connectivity index (χ1v) is 13.2. The van der Waals surface area contributed by atoms with Crippen LogP contribution in [0.3, 0.4) is 0 Å². The normalized spacial score (nSPS) is 15.4. The van der Waals surface area contributed by atoms with Crippen molar-refractivity contribution in [2.24, 2.45) is 0 Å². The zero-order valence-electron chi connectivity index (χ0n) is 20.1. The second-order valence-electron chi connectivity index (χ2n) is 7.78. The van der Waals surface area contributed by atoms with Crippen molar-refractivity contribution < 1.29 is 0 Å². The minimum absolute atomic E-state index is 0.0183. The van der Waals surface area contributed by atoms with Crippen LogP contribution in [0.5, 0.6) is 0 Å². The molecule has 1 aliphatic carbocycles. The monoisotopic (exact) mass is 492 g/mol. The highest BCUT2D eigenvalue weighted by Gasteiger charge is 2.24. The molecule has 0 saturated heterocycles. The smallest absolute Gasteiger partial charge is 0.189 e. The molecule has 6 nitrogen and oxygen atoms in total. The number of hydrogen-bond donors (Lipinski definition) is 3. The lowest BCUT2D eigenvalue weighted by atomic mass is 10.1. The summed E-state index contributed by atoms with van der Waals surface area (Å²) in [6.45, 7) is 4.00. The molecule has 1 saturated carbocycles. The number of benzene rings is 2. The Kier molecular flexibility index (Phi) is 9.25. The van der Waals surface area contributed by atoms with E-state index in [2.05, 4.69) is 44.1 Å². The lowest BCUT2D eigenvalue weighted by molar-refractivity contribution is 0.897. The molecule has 5 rings (SSSR count). The molecule has 2 aliphatic rings. The van der Waals surface area contributed by atoms with Gasteiger partial charge in [-0.2, -0.15) is 5.26 Å². The van der Waals surface area contributed by atoms with E-state index in [0.717, 1.165) is 32.6 Å².